The van der Waals surface area contributed by atoms with Gasteiger partial charge in [-0.15, -0.1) is 0 Å². The second-order valence-electron chi connectivity index (χ2n) is 4.69. The highest BCUT2D eigenvalue weighted by atomic mass is 35.5. The molecule has 0 radical (unpaired) electrons. The highest BCUT2D eigenvalue weighted by Gasteiger charge is 2.26. The van der Waals surface area contributed by atoms with Gasteiger partial charge in [-0.05, 0) is 17.5 Å². The minimum Gasteiger partial charge on any atom is -0.254 e. The van der Waals surface area contributed by atoms with E-state index in [4.69, 9.17) is 11.6 Å². The number of nitrogens with one attached hydrogen (secondary N) is 1. The van der Waals surface area contributed by atoms with Crippen LogP contribution < -0.4 is 4.72 Å². The summed E-state index contributed by atoms with van der Waals surface area (Å²) < 4.78 is 28.6. The van der Waals surface area contributed by atoms with Gasteiger partial charge in [0.15, 0.2) is 0 Å². The average molecular weight is 325 g/mol. The van der Waals surface area contributed by atoms with Crippen molar-refractivity contribution in [3.8, 4) is 0 Å². The zero-order valence-corrected chi connectivity index (χ0v) is 12.6. The first-order chi connectivity index (χ1) is 10.0. The normalized spacial score (nSPS) is 15.5. The second kappa shape index (κ2) is 5.59. The lowest BCUT2D eigenvalue weighted by Crippen LogP contribution is -2.39. The first-order valence-corrected chi connectivity index (χ1v) is 8.18. The number of halogens is 1. The van der Waals surface area contributed by atoms with E-state index in [9.17, 15) is 8.42 Å². The fraction of sp³-hybridized carbons (Fsp3) is 0.231. The highest BCUT2D eigenvalue weighted by Crippen LogP contribution is 2.21. The molecule has 2 aromatic rings. The van der Waals surface area contributed by atoms with Crippen molar-refractivity contribution in [2.24, 2.45) is 0 Å². The second-order valence-corrected chi connectivity index (χ2v) is 6.74. The van der Waals surface area contributed by atoms with Crippen LogP contribution in [0.5, 0.6) is 0 Å². The maximum absolute atomic E-state index is 12.4. The fourth-order valence-corrected chi connectivity index (χ4v) is 3.55. The summed E-state index contributed by atoms with van der Waals surface area (Å²) in [6, 6.07) is 9.21. The van der Waals surface area contributed by atoms with Crippen molar-refractivity contribution >= 4 is 27.6 Å². The van der Waals surface area contributed by atoms with Gasteiger partial charge in [0.2, 0.25) is 0 Å². The zero-order chi connectivity index (χ0) is 14.9. The van der Waals surface area contributed by atoms with E-state index in [1.165, 1.54) is 22.3 Å². The van der Waals surface area contributed by atoms with E-state index in [1.807, 2.05) is 24.3 Å². The standard InChI is InChI=1S/C13H13ClN4O2S/c14-12-7-13(16-9-15-12)17-21(19,20)18-6-5-10-3-1-2-4-11(10)8-18/h1-4,7,9H,5-6,8H2,(H,15,16,17). The van der Waals surface area contributed by atoms with Crippen LogP contribution in [-0.4, -0.2) is 29.2 Å². The Kier molecular flexibility index (Phi) is 3.79. The third kappa shape index (κ3) is 3.15. The van der Waals surface area contributed by atoms with Crippen molar-refractivity contribution in [1.29, 1.82) is 0 Å². The van der Waals surface area contributed by atoms with E-state index < -0.39 is 10.2 Å². The Balaban J connectivity index is 1.80. The number of hydrogen-bond donors (Lipinski definition) is 1. The van der Waals surface area contributed by atoms with Gasteiger partial charge in [0.1, 0.15) is 17.3 Å². The number of rotatable bonds is 3. The Hall–Kier alpha value is -1.70. The highest BCUT2D eigenvalue weighted by molar-refractivity contribution is 7.90. The van der Waals surface area contributed by atoms with Gasteiger partial charge >= 0.3 is 10.2 Å². The van der Waals surface area contributed by atoms with Crippen LogP contribution in [0, 0.1) is 0 Å². The van der Waals surface area contributed by atoms with Gasteiger partial charge in [-0.2, -0.15) is 12.7 Å². The number of hydrogen-bond acceptors (Lipinski definition) is 4. The zero-order valence-electron chi connectivity index (χ0n) is 11.0. The maximum atomic E-state index is 12.4. The molecule has 1 aliphatic heterocycles. The van der Waals surface area contributed by atoms with Gasteiger partial charge < -0.3 is 0 Å². The van der Waals surface area contributed by atoms with Crippen LogP contribution in [0.3, 0.4) is 0 Å². The summed E-state index contributed by atoms with van der Waals surface area (Å²) in [5.41, 5.74) is 2.21. The molecular formula is C13H13ClN4O2S. The summed E-state index contributed by atoms with van der Waals surface area (Å²) in [5, 5.41) is 0.187. The van der Waals surface area contributed by atoms with Gasteiger partial charge in [-0.3, -0.25) is 4.72 Å². The summed E-state index contributed by atoms with van der Waals surface area (Å²) >= 11 is 5.73. The minimum absolute atomic E-state index is 0.161. The molecule has 0 saturated heterocycles. The number of aromatic nitrogens is 2. The van der Waals surface area contributed by atoms with Crippen molar-refractivity contribution < 1.29 is 8.42 Å². The molecular weight excluding hydrogens is 312 g/mol. The number of fused-ring (bicyclic) bond motifs is 1. The molecule has 0 saturated carbocycles. The third-order valence-electron chi connectivity index (χ3n) is 3.30. The lowest BCUT2D eigenvalue weighted by molar-refractivity contribution is 0.394. The first kappa shape index (κ1) is 14.2. The number of anilines is 1. The molecule has 0 fully saturated rings. The molecule has 6 nitrogen and oxygen atoms in total. The summed E-state index contributed by atoms with van der Waals surface area (Å²) in [4.78, 5) is 7.57. The van der Waals surface area contributed by atoms with E-state index in [2.05, 4.69) is 14.7 Å². The van der Waals surface area contributed by atoms with Gasteiger partial charge in [0.05, 0.1) is 0 Å². The van der Waals surface area contributed by atoms with Crippen molar-refractivity contribution in [2.45, 2.75) is 13.0 Å². The Morgan fingerprint density at radius 2 is 1.95 bits per heavy atom. The average Bonchev–Trinajstić information content (AvgIpc) is 2.46. The molecule has 1 N–H and O–H groups in total. The van der Waals surface area contributed by atoms with E-state index in [0.29, 0.717) is 19.5 Å². The topological polar surface area (TPSA) is 75.2 Å². The third-order valence-corrected chi connectivity index (χ3v) is 4.97. The van der Waals surface area contributed by atoms with Crippen LogP contribution in [0.15, 0.2) is 36.7 Å². The Bertz CT molecular complexity index is 766. The predicted molar refractivity (Wildman–Crippen MR) is 80.1 cm³/mol. The molecule has 0 atom stereocenters. The fourth-order valence-electron chi connectivity index (χ4n) is 2.26. The van der Waals surface area contributed by atoms with E-state index in [-0.39, 0.29) is 11.0 Å². The Morgan fingerprint density at radius 3 is 2.71 bits per heavy atom. The molecule has 1 aromatic heterocycles. The van der Waals surface area contributed by atoms with Crippen LogP contribution >= 0.6 is 11.6 Å². The van der Waals surface area contributed by atoms with Gasteiger partial charge in [-0.25, -0.2) is 9.97 Å². The Morgan fingerprint density at radius 1 is 1.19 bits per heavy atom. The summed E-state index contributed by atoms with van der Waals surface area (Å²) in [5.74, 6) is 0.161. The molecule has 1 aromatic carbocycles. The molecule has 0 aliphatic carbocycles. The molecule has 0 unspecified atom stereocenters. The van der Waals surface area contributed by atoms with Crippen molar-refractivity contribution in [1.82, 2.24) is 14.3 Å². The van der Waals surface area contributed by atoms with Gasteiger partial charge in [0, 0.05) is 19.2 Å². The molecule has 1 aliphatic rings. The summed E-state index contributed by atoms with van der Waals surface area (Å²) in [7, 11) is -3.66. The van der Waals surface area contributed by atoms with Crippen LogP contribution in [0.25, 0.3) is 0 Å². The summed E-state index contributed by atoms with van der Waals surface area (Å²) in [6.45, 7) is 0.787. The largest absolute Gasteiger partial charge is 0.303 e. The molecule has 110 valence electrons. The predicted octanol–water partition coefficient (Wildman–Crippen LogP) is 1.84. The Labute approximate surface area is 128 Å². The van der Waals surface area contributed by atoms with Crippen LogP contribution in [0.2, 0.25) is 5.15 Å². The van der Waals surface area contributed by atoms with Crippen LogP contribution in [0.4, 0.5) is 5.82 Å². The lowest BCUT2D eigenvalue weighted by atomic mass is 10.0. The van der Waals surface area contributed by atoms with Crippen LogP contribution in [0.1, 0.15) is 11.1 Å². The van der Waals surface area contributed by atoms with E-state index >= 15 is 0 Å². The molecule has 8 heteroatoms. The number of nitrogens with zero attached hydrogens (tertiary/aromatic N) is 3. The van der Waals surface area contributed by atoms with Gasteiger partial charge in [0.25, 0.3) is 0 Å². The maximum Gasteiger partial charge on any atom is 0.303 e. The van der Waals surface area contributed by atoms with Crippen molar-refractivity contribution in [3.63, 3.8) is 0 Å². The molecule has 2 heterocycles. The van der Waals surface area contributed by atoms with Crippen molar-refractivity contribution in [3.05, 3.63) is 52.9 Å². The quantitative estimate of drug-likeness (QED) is 0.874. The van der Waals surface area contributed by atoms with E-state index in [1.54, 1.807) is 0 Å². The SMILES string of the molecule is O=S(=O)(Nc1cc(Cl)ncn1)N1CCc2ccccc2C1. The molecule has 3 rings (SSSR count). The first-order valence-electron chi connectivity index (χ1n) is 6.37. The van der Waals surface area contributed by atoms with Gasteiger partial charge in [-0.1, -0.05) is 35.9 Å². The van der Waals surface area contributed by atoms with E-state index in [0.717, 1.165) is 5.56 Å². The summed E-state index contributed by atoms with van der Waals surface area (Å²) in [6.07, 6.45) is 1.91. The molecule has 0 spiro atoms. The molecule has 21 heavy (non-hydrogen) atoms. The lowest BCUT2D eigenvalue weighted by Gasteiger charge is -2.28. The molecule has 0 amide bonds. The van der Waals surface area contributed by atoms with Crippen molar-refractivity contribution in [2.75, 3.05) is 11.3 Å². The van der Waals surface area contributed by atoms with Crippen LogP contribution in [-0.2, 0) is 23.2 Å². The minimum atomic E-state index is -3.66. The number of benzene rings is 1. The smallest absolute Gasteiger partial charge is 0.254 e. The molecule has 0 bridgehead atoms. The monoisotopic (exact) mass is 324 g/mol.